The lowest BCUT2D eigenvalue weighted by atomic mass is 9.78. The number of benzene rings is 1. The van der Waals surface area contributed by atoms with E-state index in [1.807, 2.05) is 11.8 Å². The van der Waals surface area contributed by atoms with Crippen LogP contribution in [0.15, 0.2) is 23.2 Å². The van der Waals surface area contributed by atoms with Crippen molar-refractivity contribution in [1.29, 1.82) is 0 Å². The van der Waals surface area contributed by atoms with Crippen molar-refractivity contribution in [2.45, 2.75) is 52.0 Å². The molecule has 1 aliphatic heterocycles. The maximum absolute atomic E-state index is 5.05. The first kappa shape index (κ1) is 14.0. The lowest BCUT2D eigenvalue weighted by Gasteiger charge is -2.33. The molecule has 1 aromatic rings. The van der Waals surface area contributed by atoms with Crippen molar-refractivity contribution in [3.05, 3.63) is 29.3 Å². The van der Waals surface area contributed by atoms with Crippen LogP contribution in [-0.2, 0) is 0 Å². The number of nitrogens with one attached hydrogen (secondary N) is 1. The van der Waals surface area contributed by atoms with Gasteiger partial charge in [0.2, 0.25) is 0 Å². The third kappa shape index (κ3) is 2.88. The number of amidine groups is 1. The normalized spacial score (nSPS) is 29.6. The maximum Gasteiger partial charge on any atom is 0.161 e. The largest absolute Gasteiger partial charge is 0.335 e. The van der Waals surface area contributed by atoms with Crippen molar-refractivity contribution in [1.82, 2.24) is 0 Å². The Morgan fingerprint density at radius 1 is 1.30 bits per heavy atom. The van der Waals surface area contributed by atoms with Crippen molar-refractivity contribution in [2.75, 3.05) is 11.1 Å². The third-order valence-corrected chi connectivity index (χ3v) is 5.79. The number of rotatable bonds is 1. The van der Waals surface area contributed by atoms with Crippen LogP contribution in [-0.4, -0.2) is 16.5 Å². The molecule has 0 saturated heterocycles. The van der Waals surface area contributed by atoms with Gasteiger partial charge in [-0.05, 0) is 55.9 Å². The molecule has 1 aromatic carbocycles. The van der Waals surface area contributed by atoms with Crippen molar-refractivity contribution < 1.29 is 0 Å². The predicted octanol–water partition coefficient (Wildman–Crippen LogP) is 4.77. The van der Waals surface area contributed by atoms with E-state index in [0.717, 1.165) is 16.8 Å². The SMILES string of the molecule is Cc1ccc(NC2=NC3(CCCC(C)C3)CS2)cc1C. The Kier molecular flexibility index (Phi) is 3.80. The molecule has 1 aliphatic carbocycles. The Bertz CT molecular complexity index is 538. The number of hydrogen-bond acceptors (Lipinski definition) is 3. The number of thioether (sulfide) groups is 1. The summed E-state index contributed by atoms with van der Waals surface area (Å²) in [6.07, 6.45) is 5.24. The molecular formula is C17H24N2S. The number of anilines is 1. The van der Waals surface area contributed by atoms with E-state index in [1.54, 1.807) is 0 Å². The van der Waals surface area contributed by atoms with Gasteiger partial charge in [-0.25, -0.2) is 0 Å². The van der Waals surface area contributed by atoms with Gasteiger partial charge in [-0.3, -0.25) is 4.99 Å². The van der Waals surface area contributed by atoms with Gasteiger partial charge in [-0.1, -0.05) is 37.6 Å². The van der Waals surface area contributed by atoms with Gasteiger partial charge in [-0.15, -0.1) is 0 Å². The van der Waals surface area contributed by atoms with Crippen LogP contribution in [0.4, 0.5) is 5.69 Å². The molecule has 0 bridgehead atoms. The topological polar surface area (TPSA) is 24.4 Å². The molecule has 0 amide bonds. The van der Waals surface area contributed by atoms with Crippen LogP contribution in [0.25, 0.3) is 0 Å². The van der Waals surface area contributed by atoms with E-state index >= 15 is 0 Å². The first-order valence-electron chi connectivity index (χ1n) is 7.63. The fourth-order valence-electron chi connectivity index (χ4n) is 3.35. The highest BCUT2D eigenvalue weighted by molar-refractivity contribution is 8.14. The molecule has 1 spiro atoms. The van der Waals surface area contributed by atoms with Gasteiger partial charge < -0.3 is 5.32 Å². The first-order chi connectivity index (χ1) is 9.56. The minimum absolute atomic E-state index is 0.227. The van der Waals surface area contributed by atoms with Crippen LogP contribution in [0.1, 0.15) is 43.7 Å². The second kappa shape index (κ2) is 5.44. The third-order valence-electron chi connectivity index (χ3n) is 4.64. The molecule has 1 saturated carbocycles. The second-order valence-electron chi connectivity index (χ2n) is 6.56. The predicted molar refractivity (Wildman–Crippen MR) is 89.8 cm³/mol. The summed E-state index contributed by atoms with van der Waals surface area (Å²) in [6.45, 7) is 6.68. The summed E-state index contributed by atoms with van der Waals surface area (Å²) in [5, 5.41) is 4.62. The molecule has 108 valence electrons. The van der Waals surface area contributed by atoms with Crippen LogP contribution in [0.5, 0.6) is 0 Å². The second-order valence-corrected chi connectivity index (χ2v) is 7.52. The minimum atomic E-state index is 0.227. The molecule has 2 aliphatic rings. The van der Waals surface area contributed by atoms with E-state index in [1.165, 1.54) is 42.5 Å². The van der Waals surface area contributed by atoms with Gasteiger partial charge >= 0.3 is 0 Å². The van der Waals surface area contributed by atoms with Crippen LogP contribution in [0, 0.1) is 19.8 Å². The number of hydrogen-bond donors (Lipinski definition) is 1. The van der Waals surface area contributed by atoms with Gasteiger partial charge in [0.15, 0.2) is 5.17 Å². The molecule has 2 atom stereocenters. The average molecular weight is 288 g/mol. The van der Waals surface area contributed by atoms with Gasteiger partial charge in [-0.2, -0.15) is 0 Å². The van der Waals surface area contributed by atoms with Crippen molar-refractivity contribution >= 4 is 22.6 Å². The summed E-state index contributed by atoms with van der Waals surface area (Å²) in [4.78, 5) is 5.05. The van der Waals surface area contributed by atoms with E-state index in [-0.39, 0.29) is 5.54 Å². The zero-order chi connectivity index (χ0) is 14.2. The van der Waals surface area contributed by atoms with Gasteiger partial charge in [0.1, 0.15) is 0 Å². The van der Waals surface area contributed by atoms with Crippen molar-refractivity contribution in [3.8, 4) is 0 Å². The summed E-state index contributed by atoms with van der Waals surface area (Å²) >= 11 is 1.89. The smallest absolute Gasteiger partial charge is 0.161 e. The minimum Gasteiger partial charge on any atom is -0.335 e. The zero-order valence-electron chi connectivity index (χ0n) is 12.7. The molecule has 1 N–H and O–H groups in total. The van der Waals surface area contributed by atoms with Gasteiger partial charge in [0.05, 0.1) is 5.54 Å². The monoisotopic (exact) mass is 288 g/mol. The fourth-order valence-corrected chi connectivity index (χ4v) is 4.53. The van der Waals surface area contributed by atoms with Crippen LogP contribution >= 0.6 is 11.8 Å². The quantitative estimate of drug-likeness (QED) is 0.805. The highest BCUT2D eigenvalue weighted by Gasteiger charge is 2.39. The van der Waals surface area contributed by atoms with Gasteiger partial charge in [0.25, 0.3) is 0 Å². The number of nitrogens with zero attached hydrogens (tertiary/aromatic N) is 1. The summed E-state index contributed by atoms with van der Waals surface area (Å²) in [5.41, 5.74) is 4.07. The standard InChI is InChI=1S/C17H24N2S/c1-12-5-4-8-17(10-12)11-20-16(19-17)18-15-7-6-13(2)14(3)9-15/h6-7,9,12H,4-5,8,10-11H2,1-3H3,(H,18,19). The van der Waals surface area contributed by atoms with Crippen LogP contribution in [0.2, 0.25) is 0 Å². The molecule has 1 fully saturated rings. The lowest BCUT2D eigenvalue weighted by Crippen LogP contribution is -2.33. The molecule has 2 unspecified atom stereocenters. The van der Waals surface area contributed by atoms with E-state index in [2.05, 4.69) is 44.3 Å². The molecule has 3 heteroatoms. The zero-order valence-corrected chi connectivity index (χ0v) is 13.5. The Balaban J connectivity index is 1.73. The Hall–Kier alpha value is -0.960. The van der Waals surface area contributed by atoms with Crippen LogP contribution in [0.3, 0.4) is 0 Å². The first-order valence-corrected chi connectivity index (χ1v) is 8.62. The molecule has 20 heavy (non-hydrogen) atoms. The molecule has 0 aromatic heterocycles. The van der Waals surface area contributed by atoms with E-state index in [4.69, 9.17) is 4.99 Å². The maximum atomic E-state index is 5.05. The Morgan fingerprint density at radius 2 is 2.15 bits per heavy atom. The molecule has 0 radical (unpaired) electrons. The van der Waals surface area contributed by atoms with Crippen molar-refractivity contribution in [2.24, 2.45) is 10.9 Å². The molecule has 3 rings (SSSR count). The Morgan fingerprint density at radius 3 is 2.90 bits per heavy atom. The fraction of sp³-hybridized carbons (Fsp3) is 0.588. The summed E-state index contributed by atoms with van der Waals surface area (Å²) in [6, 6.07) is 6.54. The number of aliphatic imine (C=N–C) groups is 1. The van der Waals surface area contributed by atoms with E-state index in [0.29, 0.717) is 0 Å². The van der Waals surface area contributed by atoms with Gasteiger partial charge in [0, 0.05) is 11.4 Å². The van der Waals surface area contributed by atoms with Crippen LogP contribution < -0.4 is 5.32 Å². The van der Waals surface area contributed by atoms with E-state index < -0.39 is 0 Å². The summed E-state index contributed by atoms with van der Waals surface area (Å²) in [5.74, 6) is 1.99. The average Bonchev–Trinajstić information content (AvgIpc) is 2.76. The molecular weight excluding hydrogens is 264 g/mol. The highest BCUT2D eigenvalue weighted by Crippen LogP contribution is 2.42. The molecule has 1 heterocycles. The Labute approximate surface area is 126 Å². The number of aryl methyl sites for hydroxylation is 2. The summed E-state index contributed by atoms with van der Waals surface area (Å²) in [7, 11) is 0. The summed E-state index contributed by atoms with van der Waals surface area (Å²) < 4.78 is 0. The highest BCUT2D eigenvalue weighted by atomic mass is 32.2. The van der Waals surface area contributed by atoms with Crippen molar-refractivity contribution in [3.63, 3.8) is 0 Å². The molecule has 2 nitrogen and oxygen atoms in total. The van der Waals surface area contributed by atoms with E-state index in [9.17, 15) is 0 Å². The lowest BCUT2D eigenvalue weighted by molar-refractivity contribution is 0.266.